The second-order valence-corrected chi connectivity index (χ2v) is 5.45. The molecule has 1 aliphatic carbocycles. The minimum absolute atomic E-state index is 0.0549. The van der Waals surface area contributed by atoms with Gasteiger partial charge in [-0.15, -0.1) is 0 Å². The molecule has 2 N–H and O–H groups in total. The minimum atomic E-state index is -2.69. The van der Waals surface area contributed by atoms with Crippen LogP contribution < -0.4 is 10.5 Å². The molecule has 1 heterocycles. The van der Waals surface area contributed by atoms with E-state index in [0.717, 1.165) is 0 Å². The predicted molar refractivity (Wildman–Crippen MR) is 65.1 cm³/mol. The number of ether oxygens (including phenoxy) is 1. The van der Waals surface area contributed by atoms with Gasteiger partial charge in [-0.25, -0.2) is 13.8 Å². The molecule has 0 radical (unpaired) electrons. The van der Waals surface area contributed by atoms with Crippen LogP contribution in [0, 0.1) is 0 Å². The maximum absolute atomic E-state index is 12.9. The zero-order chi connectivity index (χ0) is 13.6. The van der Waals surface area contributed by atoms with E-state index in [2.05, 4.69) is 4.98 Å². The van der Waals surface area contributed by atoms with E-state index >= 15 is 0 Å². The summed E-state index contributed by atoms with van der Waals surface area (Å²) in [6.07, 6.45) is 0.657. The molecule has 2 rings (SSSR count). The first-order valence-corrected chi connectivity index (χ1v) is 6.09. The van der Waals surface area contributed by atoms with E-state index in [9.17, 15) is 8.78 Å². The van der Waals surface area contributed by atoms with Gasteiger partial charge in [0.2, 0.25) is 5.88 Å². The van der Waals surface area contributed by atoms with Gasteiger partial charge in [-0.2, -0.15) is 0 Å². The molecule has 6 heteroatoms. The lowest BCUT2D eigenvalue weighted by molar-refractivity contribution is -0.125. The van der Waals surface area contributed by atoms with Crippen molar-refractivity contribution in [2.45, 2.75) is 44.3 Å². The summed E-state index contributed by atoms with van der Waals surface area (Å²) >= 11 is 6.00. The van der Waals surface area contributed by atoms with Gasteiger partial charge in [-0.05, 0) is 25.5 Å². The molecule has 0 spiro atoms. The van der Waals surface area contributed by atoms with Gasteiger partial charge in [0.25, 0.3) is 5.92 Å². The Hall–Kier alpha value is -0.940. The zero-order valence-electron chi connectivity index (χ0n) is 10.2. The van der Waals surface area contributed by atoms with Crippen LogP contribution in [0.5, 0.6) is 5.88 Å². The van der Waals surface area contributed by atoms with Gasteiger partial charge in [0.1, 0.15) is 5.02 Å². The largest absolute Gasteiger partial charge is 0.474 e. The van der Waals surface area contributed by atoms with Gasteiger partial charge in [-0.3, -0.25) is 0 Å². The molecule has 0 saturated heterocycles. The Labute approximate surface area is 109 Å². The number of nitrogens with two attached hydrogens (primary N) is 1. The summed E-state index contributed by atoms with van der Waals surface area (Å²) in [6, 6.07) is 1.56. The Balaban J connectivity index is 2.20. The number of hydrogen-bond donors (Lipinski definition) is 1. The third-order valence-electron chi connectivity index (χ3n) is 2.88. The van der Waals surface area contributed by atoms with Crippen molar-refractivity contribution in [3.63, 3.8) is 0 Å². The van der Waals surface area contributed by atoms with Crippen molar-refractivity contribution in [1.82, 2.24) is 4.98 Å². The Morgan fingerprint density at radius 3 is 2.50 bits per heavy atom. The van der Waals surface area contributed by atoms with Crippen molar-refractivity contribution in [3.05, 3.63) is 22.8 Å². The summed E-state index contributed by atoms with van der Waals surface area (Å²) in [7, 11) is 0. The molecule has 0 aromatic carbocycles. The average molecular weight is 277 g/mol. The molecule has 3 nitrogen and oxygen atoms in total. The SMILES string of the molecule is CC(C)Oc1ncc(C2(N)CC(F)(F)C2)cc1Cl. The molecule has 0 aliphatic heterocycles. The Morgan fingerprint density at radius 2 is 2.06 bits per heavy atom. The van der Waals surface area contributed by atoms with Crippen LogP contribution in [-0.2, 0) is 5.54 Å². The topological polar surface area (TPSA) is 48.1 Å². The van der Waals surface area contributed by atoms with Crippen LogP contribution in [0.1, 0.15) is 32.3 Å². The Morgan fingerprint density at radius 1 is 1.44 bits per heavy atom. The summed E-state index contributed by atoms with van der Waals surface area (Å²) in [5, 5.41) is 0.293. The number of pyridine rings is 1. The molecule has 1 fully saturated rings. The monoisotopic (exact) mass is 276 g/mol. The zero-order valence-corrected chi connectivity index (χ0v) is 11.0. The number of rotatable bonds is 3. The highest BCUT2D eigenvalue weighted by Gasteiger charge is 2.55. The van der Waals surface area contributed by atoms with Crippen LogP contribution in [0.2, 0.25) is 5.02 Å². The summed E-state index contributed by atoms with van der Waals surface area (Å²) in [4.78, 5) is 4.04. The number of hydrogen-bond acceptors (Lipinski definition) is 3. The highest BCUT2D eigenvalue weighted by molar-refractivity contribution is 6.31. The molecular formula is C12H15ClF2N2O. The highest BCUT2D eigenvalue weighted by atomic mass is 35.5. The maximum Gasteiger partial charge on any atom is 0.252 e. The second-order valence-electron chi connectivity index (χ2n) is 5.04. The van der Waals surface area contributed by atoms with Crippen molar-refractivity contribution in [2.75, 3.05) is 0 Å². The quantitative estimate of drug-likeness (QED) is 0.923. The molecule has 1 aromatic heterocycles. The van der Waals surface area contributed by atoms with Crippen LogP contribution in [0.4, 0.5) is 8.78 Å². The van der Waals surface area contributed by atoms with Crippen LogP contribution in [0.3, 0.4) is 0 Å². The Kier molecular flexibility index (Phi) is 3.23. The standard InChI is InChI=1S/C12H15ClF2N2O/c1-7(2)18-10-9(13)3-8(4-17-10)11(16)5-12(14,15)6-11/h3-4,7H,5-6,16H2,1-2H3. The van der Waals surface area contributed by atoms with Crippen molar-refractivity contribution in [1.29, 1.82) is 0 Å². The predicted octanol–water partition coefficient (Wildman–Crippen LogP) is 3.11. The summed E-state index contributed by atoms with van der Waals surface area (Å²) in [6.45, 7) is 3.70. The van der Waals surface area contributed by atoms with E-state index in [1.807, 2.05) is 13.8 Å². The van der Waals surface area contributed by atoms with Gasteiger partial charge in [-0.1, -0.05) is 11.6 Å². The fourth-order valence-electron chi connectivity index (χ4n) is 2.08. The van der Waals surface area contributed by atoms with E-state index < -0.39 is 11.5 Å². The number of halogens is 3. The van der Waals surface area contributed by atoms with Gasteiger partial charge in [0.15, 0.2) is 0 Å². The molecular weight excluding hydrogens is 262 g/mol. The third kappa shape index (κ3) is 2.57. The smallest absolute Gasteiger partial charge is 0.252 e. The first kappa shape index (κ1) is 13.5. The summed E-state index contributed by atoms with van der Waals surface area (Å²) in [5.41, 5.74) is 5.39. The van der Waals surface area contributed by atoms with Gasteiger partial charge >= 0.3 is 0 Å². The van der Waals surface area contributed by atoms with Crippen molar-refractivity contribution in [2.24, 2.45) is 5.73 Å². The molecule has 1 aromatic rings. The van der Waals surface area contributed by atoms with Gasteiger partial charge in [0, 0.05) is 19.0 Å². The fourth-order valence-corrected chi connectivity index (χ4v) is 2.29. The molecule has 0 atom stereocenters. The lowest BCUT2D eigenvalue weighted by Crippen LogP contribution is -2.55. The summed E-state index contributed by atoms with van der Waals surface area (Å²) < 4.78 is 31.2. The molecule has 1 saturated carbocycles. The minimum Gasteiger partial charge on any atom is -0.474 e. The van der Waals surface area contributed by atoms with E-state index in [0.29, 0.717) is 16.5 Å². The fraction of sp³-hybridized carbons (Fsp3) is 0.583. The average Bonchev–Trinajstić information content (AvgIpc) is 2.17. The second kappa shape index (κ2) is 4.31. The lowest BCUT2D eigenvalue weighted by atomic mass is 9.70. The molecule has 0 unspecified atom stereocenters. The summed E-state index contributed by atoms with van der Waals surface area (Å²) in [5.74, 6) is -2.39. The van der Waals surface area contributed by atoms with Crippen molar-refractivity contribution >= 4 is 11.6 Å². The van der Waals surface area contributed by atoms with Crippen molar-refractivity contribution < 1.29 is 13.5 Å². The van der Waals surface area contributed by atoms with E-state index in [1.165, 1.54) is 6.20 Å². The van der Waals surface area contributed by atoms with Crippen LogP contribution in [0.25, 0.3) is 0 Å². The molecule has 1 aliphatic rings. The lowest BCUT2D eigenvalue weighted by Gasteiger charge is -2.44. The van der Waals surface area contributed by atoms with E-state index in [-0.39, 0.29) is 18.9 Å². The number of nitrogens with zero attached hydrogens (tertiary/aromatic N) is 1. The number of aromatic nitrogens is 1. The van der Waals surface area contributed by atoms with Crippen LogP contribution >= 0.6 is 11.6 Å². The molecule has 0 bridgehead atoms. The third-order valence-corrected chi connectivity index (χ3v) is 3.15. The first-order chi connectivity index (χ1) is 8.22. The molecule has 18 heavy (non-hydrogen) atoms. The van der Waals surface area contributed by atoms with E-state index in [1.54, 1.807) is 6.07 Å². The van der Waals surface area contributed by atoms with Gasteiger partial charge in [0.05, 0.1) is 11.6 Å². The van der Waals surface area contributed by atoms with Crippen molar-refractivity contribution in [3.8, 4) is 5.88 Å². The van der Waals surface area contributed by atoms with Crippen LogP contribution in [-0.4, -0.2) is 17.0 Å². The normalized spacial score (nSPS) is 20.6. The van der Waals surface area contributed by atoms with Crippen LogP contribution in [0.15, 0.2) is 12.3 Å². The maximum atomic E-state index is 12.9. The first-order valence-electron chi connectivity index (χ1n) is 5.71. The van der Waals surface area contributed by atoms with Gasteiger partial charge < -0.3 is 10.5 Å². The molecule has 0 amide bonds. The highest BCUT2D eigenvalue weighted by Crippen LogP contribution is 2.50. The Bertz CT molecular complexity index is 457. The molecule has 100 valence electrons. The number of alkyl halides is 2. The van der Waals surface area contributed by atoms with E-state index in [4.69, 9.17) is 22.1 Å².